The number of rotatable bonds is 5. The van der Waals surface area contributed by atoms with Crippen molar-refractivity contribution >= 4 is 23.7 Å². The van der Waals surface area contributed by atoms with Gasteiger partial charge < -0.3 is 9.80 Å². The molecule has 2 aromatic heterocycles. The smallest absolute Gasteiger partial charge is 0.223 e. The molecule has 1 saturated heterocycles. The van der Waals surface area contributed by atoms with Crippen molar-refractivity contribution in [3.8, 4) is 11.3 Å². The van der Waals surface area contributed by atoms with Gasteiger partial charge in [-0.2, -0.15) is 0 Å². The van der Waals surface area contributed by atoms with E-state index < -0.39 is 0 Å². The molecule has 120 valence electrons. The highest BCUT2D eigenvalue weighted by molar-refractivity contribution is 7.09. The van der Waals surface area contributed by atoms with Gasteiger partial charge in [-0.25, -0.2) is 4.98 Å². The fraction of sp³-hybridized carbons (Fsp3) is 0.375. The van der Waals surface area contributed by atoms with E-state index in [1.165, 1.54) is 0 Å². The second-order valence-corrected chi connectivity index (χ2v) is 6.33. The first-order chi connectivity index (χ1) is 11.3. The maximum Gasteiger partial charge on any atom is 0.223 e. The number of aromatic nitrogens is 2. The van der Waals surface area contributed by atoms with E-state index in [1.807, 2.05) is 22.4 Å². The molecule has 3 rings (SSSR count). The van der Waals surface area contributed by atoms with Crippen LogP contribution in [0.5, 0.6) is 0 Å². The number of carbonyl (C=O) groups excluding carboxylic acids is 2. The number of thiazole rings is 1. The topological polar surface area (TPSA) is 66.4 Å². The van der Waals surface area contributed by atoms with Crippen molar-refractivity contribution < 1.29 is 9.59 Å². The Morgan fingerprint density at radius 1 is 1.22 bits per heavy atom. The fourth-order valence-corrected chi connectivity index (χ4v) is 3.34. The molecule has 1 aliphatic heterocycles. The van der Waals surface area contributed by atoms with Crippen LogP contribution in [0.3, 0.4) is 0 Å². The monoisotopic (exact) mass is 330 g/mol. The lowest BCUT2D eigenvalue weighted by molar-refractivity contribution is -0.135. The molecule has 1 aliphatic rings. The summed E-state index contributed by atoms with van der Waals surface area (Å²) in [7, 11) is 0. The Balaban J connectivity index is 1.52. The summed E-state index contributed by atoms with van der Waals surface area (Å²) in [4.78, 5) is 35.0. The van der Waals surface area contributed by atoms with Crippen LogP contribution in [-0.4, -0.2) is 58.3 Å². The molecule has 2 amide bonds. The van der Waals surface area contributed by atoms with Crippen LogP contribution >= 0.6 is 11.3 Å². The first-order valence-corrected chi connectivity index (χ1v) is 8.46. The zero-order chi connectivity index (χ0) is 16.1. The Bertz CT molecular complexity index is 666. The van der Waals surface area contributed by atoms with Gasteiger partial charge in [0.15, 0.2) is 0 Å². The summed E-state index contributed by atoms with van der Waals surface area (Å²) in [6.07, 6.45) is 5.46. The van der Waals surface area contributed by atoms with E-state index in [-0.39, 0.29) is 5.91 Å². The van der Waals surface area contributed by atoms with Gasteiger partial charge in [-0.15, -0.1) is 11.3 Å². The predicted octanol–water partition coefficient (Wildman–Crippen LogP) is 1.44. The molecule has 0 aromatic carbocycles. The minimum atomic E-state index is 0.135. The first kappa shape index (κ1) is 15.6. The van der Waals surface area contributed by atoms with Crippen molar-refractivity contribution in [3.63, 3.8) is 0 Å². The number of pyridine rings is 1. The van der Waals surface area contributed by atoms with Gasteiger partial charge in [0.2, 0.25) is 12.3 Å². The highest BCUT2D eigenvalue weighted by atomic mass is 32.1. The van der Waals surface area contributed by atoms with Crippen molar-refractivity contribution in [1.82, 2.24) is 19.8 Å². The molecular weight excluding hydrogens is 312 g/mol. The number of aryl methyl sites for hydroxylation is 1. The van der Waals surface area contributed by atoms with E-state index in [2.05, 4.69) is 9.97 Å². The van der Waals surface area contributed by atoms with Crippen LogP contribution in [0.1, 0.15) is 11.4 Å². The highest BCUT2D eigenvalue weighted by Gasteiger charge is 2.20. The van der Waals surface area contributed by atoms with Crippen molar-refractivity contribution in [2.24, 2.45) is 0 Å². The molecule has 0 radical (unpaired) electrons. The number of nitrogens with zero attached hydrogens (tertiary/aromatic N) is 4. The Labute approximate surface area is 138 Å². The molecule has 23 heavy (non-hydrogen) atoms. The van der Waals surface area contributed by atoms with Gasteiger partial charge in [-0.1, -0.05) is 0 Å². The van der Waals surface area contributed by atoms with Gasteiger partial charge in [0, 0.05) is 62.4 Å². The zero-order valence-corrected chi connectivity index (χ0v) is 13.5. The molecule has 6 nitrogen and oxygen atoms in total. The van der Waals surface area contributed by atoms with Crippen molar-refractivity contribution in [1.29, 1.82) is 0 Å². The van der Waals surface area contributed by atoms with Crippen molar-refractivity contribution in [2.45, 2.75) is 12.8 Å². The lowest BCUT2D eigenvalue weighted by Crippen LogP contribution is -2.48. The number of piperazine rings is 1. The lowest BCUT2D eigenvalue weighted by atomic mass is 10.2. The molecule has 0 bridgehead atoms. The van der Waals surface area contributed by atoms with Crippen molar-refractivity contribution in [2.75, 3.05) is 26.2 Å². The summed E-state index contributed by atoms with van der Waals surface area (Å²) in [6.45, 7) is 2.49. The predicted molar refractivity (Wildman–Crippen MR) is 87.9 cm³/mol. The molecular formula is C16H18N4O2S. The zero-order valence-electron chi connectivity index (χ0n) is 12.7. The minimum absolute atomic E-state index is 0.135. The standard InChI is InChI=1S/C16H18N4O2S/c21-12-19-7-9-20(10-8-19)16(22)2-1-15-18-14(11-23-15)13-3-5-17-6-4-13/h3-6,11-12H,1-2,7-10H2. The second-order valence-electron chi connectivity index (χ2n) is 5.38. The van der Waals surface area contributed by atoms with Gasteiger partial charge in [-0.05, 0) is 12.1 Å². The molecule has 0 spiro atoms. The molecule has 2 aromatic rings. The van der Waals surface area contributed by atoms with Gasteiger partial charge in [0.1, 0.15) is 0 Å². The van der Waals surface area contributed by atoms with Crippen LogP contribution in [0.25, 0.3) is 11.3 Å². The van der Waals surface area contributed by atoms with Gasteiger partial charge in [0.25, 0.3) is 0 Å². The van der Waals surface area contributed by atoms with Gasteiger partial charge in [0.05, 0.1) is 10.7 Å². The summed E-state index contributed by atoms with van der Waals surface area (Å²) in [5.74, 6) is 0.135. The van der Waals surface area contributed by atoms with Crippen LogP contribution in [0.15, 0.2) is 29.9 Å². The SMILES string of the molecule is O=CN1CCN(C(=O)CCc2nc(-c3ccncc3)cs2)CC1. The summed E-state index contributed by atoms with van der Waals surface area (Å²) in [6, 6.07) is 3.85. The van der Waals surface area contributed by atoms with Crippen molar-refractivity contribution in [3.05, 3.63) is 34.9 Å². The molecule has 0 saturated carbocycles. The van der Waals surface area contributed by atoms with Gasteiger partial charge >= 0.3 is 0 Å². The molecule has 0 unspecified atom stereocenters. The number of hydrogen-bond donors (Lipinski definition) is 0. The first-order valence-electron chi connectivity index (χ1n) is 7.58. The summed E-state index contributed by atoms with van der Waals surface area (Å²) in [5.41, 5.74) is 1.97. The summed E-state index contributed by atoms with van der Waals surface area (Å²) >= 11 is 1.58. The van der Waals surface area contributed by atoms with E-state index >= 15 is 0 Å². The maximum absolute atomic E-state index is 12.2. The Morgan fingerprint density at radius 2 is 1.96 bits per heavy atom. The lowest BCUT2D eigenvalue weighted by Gasteiger charge is -2.32. The quantitative estimate of drug-likeness (QED) is 0.778. The molecule has 0 atom stereocenters. The van der Waals surface area contributed by atoms with E-state index in [1.54, 1.807) is 28.6 Å². The minimum Gasteiger partial charge on any atom is -0.342 e. The second kappa shape index (κ2) is 7.32. The van der Waals surface area contributed by atoms with Crippen LogP contribution in [-0.2, 0) is 16.0 Å². The third-order valence-electron chi connectivity index (χ3n) is 3.90. The third-order valence-corrected chi connectivity index (χ3v) is 4.81. The Kier molecular flexibility index (Phi) is 4.97. The Morgan fingerprint density at radius 3 is 2.65 bits per heavy atom. The molecule has 3 heterocycles. The number of hydrogen-bond acceptors (Lipinski definition) is 5. The van der Waals surface area contributed by atoms with E-state index in [0.29, 0.717) is 39.0 Å². The normalized spacial score (nSPS) is 14.8. The van der Waals surface area contributed by atoms with Gasteiger partial charge in [-0.3, -0.25) is 14.6 Å². The van der Waals surface area contributed by atoms with Crippen LogP contribution in [0, 0.1) is 0 Å². The Hall–Kier alpha value is -2.28. The third kappa shape index (κ3) is 3.92. The van der Waals surface area contributed by atoms with Crippen LogP contribution in [0.2, 0.25) is 0 Å². The summed E-state index contributed by atoms with van der Waals surface area (Å²) in [5, 5.41) is 2.98. The molecule has 0 aliphatic carbocycles. The molecule has 7 heteroatoms. The molecule has 0 N–H and O–H groups in total. The van der Waals surface area contributed by atoms with Crippen LogP contribution in [0.4, 0.5) is 0 Å². The number of amides is 2. The van der Waals surface area contributed by atoms with E-state index in [9.17, 15) is 9.59 Å². The van der Waals surface area contributed by atoms with E-state index in [0.717, 1.165) is 22.7 Å². The highest BCUT2D eigenvalue weighted by Crippen LogP contribution is 2.22. The van der Waals surface area contributed by atoms with E-state index in [4.69, 9.17) is 0 Å². The van der Waals surface area contributed by atoms with Crippen LogP contribution < -0.4 is 0 Å². The maximum atomic E-state index is 12.2. The average molecular weight is 330 g/mol. The summed E-state index contributed by atoms with van der Waals surface area (Å²) < 4.78 is 0. The average Bonchev–Trinajstić information content (AvgIpc) is 3.09. The molecule has 1 fully saturated rings. The number of carbonyl (C=O) groups is 2. The largest absolute Gasteiger partial charge is 0.342 e. The fourth-order valence-electron chi connectivity index (χ4n) is 2.53.